The van der Waals surface area contributed by atoms with Crippen molar-refractivity contribution in [2.45, 2.75) is 32.6 Å². The van der Waals surface area contributed by atoms with Crippen molar-refractivity contribution in [1.29, 1.82) is 0 Å². The number of carbonyl (C=O) groups excluding carboxylic acids is 1. The van der Waals surface area contributed by atoms with Crippen molar-refractivity contribution in [3.8, 4) is 0 Å². The Bertz CT molecular complexity index is 612. The Morgan fingerprint density at radius 2 is 1.91 bits per heavy atom. The minimum atomic E-state index is -0.149. The third-order valence-electron chi connectivity index (χ3n) is 3.77. The Morgan fingerprint density at radius 1 is 1.23 bits per heavy atom. The largest absolute Gasteiger partial charge is 0.370 e. The smallest absolute Gasteiger partial charge is 0.227 e. The maximum absolute atomic E-state index is 12.2. The van der Waals surface area contributed by atoms with E-state index < -0.39 is 0 Å². The van der Waals surface area contributed by atoms with E-state index >= 15 is 0 Å². The molecule has 2 rings (SSSR count). The van der Waals surface area contributed by atoms with Crippen molar-refractivity contribution in [3.05, 3.63) is 23.8 Å². The van der Waals surface area contributed by atoms with Crippen molar-refractivity contribution in [1.82, 2.24) is 0 Å². The molecule has 1 amide bonds. The van der Waals surface area contributed by atoms with E-state index in [2.05, 4.69) is 15.3 Å². The number of benzene rings is 1. The number of nitrogens with one attached hydrogen (secondary N) is 1. The number of nitrogens with two attached hydrogens (primary N) is 3. The summed E-state index contributed by atoms with van der Waals surface area (Å²) < 4.78 is 0. The quantitative estimate of drug-likeness (QED) is 0.495. The van der Waals surface area contributed by atoms with Gasteiger partial charge < -0.3 is 22.5 Å². The second-order valence-corrected chi connectivity index (χ2v) is 5.43. The standard InChI is InChI=1S/C15H22N6O/c1-9-11(19-13(22)10-5-2-3-6-10)7-4-8-12(9)20-15(18)21-14(16)17/h4,7-8,10H,2-3,5-6H2,1H3,(H,19,22)(H6,16,17,18,20,21). The number of rotatable bonds is 3. The average molecular weight is 302 g/mol. The van der Waals surface area contributed by atoms with E-state index in [4.69, 9.17) is 17.2 Å². The lowest BCUT2D eigenvalue weighted by molar-refractivity contribution is -0.119. The Balaban J connectivity index is 2.18. The van der Waals surface area contributed by atoms with E-state index in [1.165, 1.54) is 0 Å². The zero-order valence-corrected chi connectivity index (χ0v) is 12.7. The topological polar surface area (TPSA) is 132 Å². The molecule has 0 heterocycles. The van der Waals surface area contributed by atoms with Gasteiger partial charge >= 0.3 is 0 Å². The number of hydrogen-bond acceptors (Lipinski definition) is 2. The zero-order valence-electron chi connectivity index (χ0n) is 12.7. The van der Waals surface area contributed by atoms with Crippen LogP contribution in [0, 0.1) is 12.8 Å². The summed E-state index contributed by atoms with van der Waals surface area (Å²) >= 11 is 0. The molecule has 118 valence electrons. The van der Waals surface area contributed by atoms with Gasteiger partial charge in [-0.1, -0.05) is 18.9 Å². The number of guanidine groups is 2. The Kier molecular flexibility index (Phi) is 4.98. The molecule has 0 aromatic heterocycles. The predicted molar refractivity (Wildman–Crippen MR) is 88.9 cm³/mol. The van der Waals surface area contributed by atoms with Gasteiger partial charge in [-0.2, -0.15) is 4.99 Å². The number of nitrogens with zero attached hydrogens (tertiary/aromatic N) is 2. The lowest BCUT2D eigenvalue weighted by Gasteiger charge is -2.13. The molecule has 0 spiro atoms. The first kappa shape index (κ1) is 15.8. The molecule has 0 saturated heterocycles. The minimum Gasteiger partial charge on any atom is -0.370 e. The van der Waals surface area contributed by atoms with E-state index in [1.807, 2.05) is 13.0 Å². The highest BCUT2D eigenvalue weighted by molar-refractivity contribution is 5.96. The van der Waals surface area contributed by atoms with Crippen LogP contribution in [-0.4, -0.2) is 17.8 Å². The normalized spacial score (nSPS) is 15.6. The summed E-state index contributed by atoms with van der Waals surface area (Å²) in [5.74, 6) is 0.00385. The summed E-state index contributed by atoms with van der Waals surface area (Å²) in [6.45, 7) is 1.87. The molecule has 7 N–H and O–H groups in total. The number of amides is 1. The highest BCUT2D eigenvalue weighted by atomic mass is 16.1. The van der Waals surface area contributed by atoms with Crippen molar-refractivity contribution < 1.29 is 4.79 Å². The minimum absolute atomic E-state index is 0.0256. The van der Waals surface area contributed by atoms with E-state index in [0.717, 1.165) is 36.9 Å². The molecule has 1 fully saturated rings. The molecule has 22 heavy (non-hydrogen) atoms. The third-order valence-corrected chi connectivity index (χ3v) is 3.77. The molecular formula is C15H22N6O. The Morgan fingerprint density at radius 3 is 2.55 bits per heavy atom. The van der Waals surface area contributed by atoms with Gasteiger partial charge in [-0.15, -0.1) is 0 Å². The summed E-state index contributed by atoms with van der Waals surface area (Å²) in [7, 11) is 0. The van der Waals surface area contributed by atoms with Crippen LogP contribution in [0.3, 0.4) is 0 Å². The molecule has 1 saturated carbocycles. The molecule has 0 unspecified atom stereocenters. The van der Waals surface area contributed by atoms with Crippen LogP contribution < -0.4 is 22.5 Å². The summed E-state index contributed by atoms with van der Waals surface area (Å²) in [6, 6.07) is 5.44. The molecule has 7 heteroatoms. The summed E-state index contributed by atoms with van der Waals surface area (Å²) in [4.78, 5) is 20.1. The van der Waals surface area contributed by atoms with Crippen LogP contribution in [0.25, 0.3) is 0 Å². The van der Waals surface area contributed by atoms with Crippen LogP contribution in [0.2, 0.25) is 0 Å². The fourth-order valence-electron chi connectivity index (χ4n) is 2.58. The number of aliphatic imine (C=N–C) groups is 2. The molecule has 1 aliphatic rings. The van der Waals surface area contributed by atoms with Gasteiger partial charge in [0.1, 0.15) is 0 Å². The average Bonchev–Trinajstić information content (AvgIpc) is 2.96. The van der Waals surface area contributed by atoms with Crippen LogP contribution in [-0.2, 0) is 4.79 Å². The number of carbonyl (C=O) groups is 1. The van der Waals surface area contributed by atoms with Crippen LogP contribution >= 0.6 is 0 Å². The van der Waals surface area contributed by atoms with Crippen LogP contribution in [0.15, 0.2) is 28.2 Å². The van der Waals surface area contributed by atoms with Crippen molar-refractivity contribution in [2.24, 2.45) is 33.1 Å². The Hall–Kier alpha value is -2.57. The molecule has 0 radical (unpaired) electrons. The molecule has 7 nitrogen and oxygen atoms in total. The highest BCUT2D eigenvalue weighted by Gasteiger charge is 2.23. The maximum atomic E-state index is 12.2. The van der Waals surface area contributed by atoms with Crippen LogP contribution in [0.1, 0.15) is 31.2 Å². The number of anilines is 1. The molecule has 1 aliphatic carbocycles. The van der Waals surface area contributed by atoms with Gasteiger partial charge in [0, 0.05) is 11.6 Å². The van der Waals surface area contributed by atoms with Gasteiger partial charge in [0.05, 0.1) is 5.69 Å². The second kappa shape index (κ2) is 6.93. The van der Waals surface area contributed by atoms with E-state index in [0.29, 0.717) is 5.69 Å². The second-order valence-electron chi connectivity index (χ2n) is 5.43. The van der Waals surface area contributed by atoms with Gasteiger partial charge in [-0.05, 0) is 37.5 Å². The van der Waals surface area contributed by atoms with E-state index in [9.17, 15) is 4.79 Å². The van der Waals surface area contributed by atoms with Gasteiger partial charge in [-0.25, -0.2) is 4.99 Å². The molecule has 0 bridgehead atoms. The first-order valence-electron chi connectivity index (χ1n) is 7.31. The predicted octanol–water partition coefficient (Wildman–Crippen LogP) is 1.34. The van der Waals surface area contributed by atoms with Gasteiger partial charge in [0.15, 0.2) is 5.96 Å². The summed E-state index contributed by atoms with van der Waals surface area (Å²) in [5, 5.41) is 2.97. The third kappa shape index (κ3) is 3.97. The first-order valence-corrected chi connectivity index (χ1v) is 7.31. The zero-order chi connectivity index (χ0) is 16.1. The van der Waals surface area contributed by atoms with E-state index in [1.54, 1.807) is 12.1 Å². The molecule has 0 atom stereocenters. The van der Waals surface area contributed by atoms with Gasteiger partial charge in [0.2, 0.25) is 11.9 Å². The van der Waals surface area contributed by atoms with Crippen molar-refractivity contribution in [3.63, 3.8) is 0 Å². The monoisotopic (exact) mass is 302 g/mol. The van der Waals surface area contributed by atoms with E-state index in [-0.39, 0.29) is 23.7 Å². The first-order chi connectivity index (χ1) is 10.5. The van der Waals surface area contributed by atoms with Crippen molar-refractivity contribution in [2.75, 3.05) is 5.32 Å². The summed E-state index contributed by atoms with van der Waals surface area (Å²) in [5.41, 5.74) is 18.3. The van der Waals surface area contributed by atoms with Crippen LogP contribution in [0.5, 0.6) is 0 Å². The Labute approximate surface area is 129 Å². The lowest BCUT2D eigenvalue weighted by Crippen LogP contribution is -2.26. The fraction of sp³-hybridized carbons (Fsp3) is 0.400. The highest BCUT2D eigenvalue weighted by Crippen LogP contribution is 2.29. The summed E-state index contributed by atoms with van der Waals surface area (Å²) in [6.07, 6.45) is 4.16. The lowest BCUT2D eigenvalue weighted by atomic mass is 10.1. The van der Waals surface area contributed by atoms with Gasteiger partial charge in [-0.3, -0.25) is 4.79 Å². The molecule has 1 aromatic carbocycles. The fourth-order valence-corrected chi connectivity index (χ4v) is 2.58. The SMILES string of the molecule is Cc1c(N=C(N)N=C(N)N)cccc1NC(=O)C1CCCC1. The molecule has 1 aromatic rings. The van der Waals surface area contributed by atoms with Crippen molar-refractivity contribution >= 4 is 29.2 Å². The van der Waals surface area contributed by atoms with Gasteiger partial charge in [0.25, 0.3) is 0 Å². The molecule has 0 aliphatic heterocycles. The molecular weight excluding hydrogens is 280 g/mol. The number of hydrogen-bond donors (Lipinski definition) is 4. The maximum Gasteiger partial charge on any atom is 0.227 e. The van der Waals surface area contributed by atoms with Crippen LogP contribution in [0.4, 0.5) is 11.4 Å².